The second-order valence-corrected chi connectivity index (χ2v) is 6.32. The topological polar surface area (TPSA) is 67.2 Å². The Balaban J connectivity index is 1.82. The van der Waals surface area contributed by atoms with E-state index in [-0.39, 0.29) is 11.8 Å². The molecule has 0 bridgehead atoms. The fourth-order valence-corrected chi connectivity index (χ4v) is 2.79. The zero-order valence-electron chi connectivity index (χ0n) is 15.6. The van der Waals surface area contributed by atoms with Crippen LogP contribution in [-0.2, 0) is 6.54 Å². The van der Waals surface area contributed by atoms with E-state index in [4.69, 9.17) is 0 Å². The van der Waals surface area contributed by atoms with Gasteiger partial charge in [-0.25, -0.2) is 0 Å². The van der Waals surface area contributed by atoms with Gasteiger partial charge in [-0.05, 0) is 30.2 Å². The van der Waals surface area contributed by atoms with Gasteiger partial charge in [0.25, 0.3) is 11.8 Å². The lowest BCUT2D eigenvalue weighted by Crippen LogP contribution is -2.26. The molecule has 0 unspecified atom stereocenters. The summed E-state index contributed by atoms with van der Waals surface area (Å²) >= 11 is 0. The highest BCUT2D eigenvalue weighted by Gasteiger charge is 2.21. The summed E-state index contributed by atoms with van der Waals surface area (Å²) in [5, 5.41) is 7.00. The van der Waals surface area contributed by atoms with Crippen LogP contribution in [0.2, 0.25) is 0 Å². The number of rotatable bonds is 5. The van der Waals surface area contributed by atoms with Crippen molar-refractivity contribution in [3.63, 3.8) is 0 Å². The van der Waals surface area contributed by atoms with E-state index in [1.54, 1.807) is 30.9 Å². The molecular weight excluding hydrogens is 340 g/mol. The zero-order chi connectivity index (χ0) is 19.4. The summed E-state index contributed by atoms with van der Waals surface area (Å²) in [4.78, 5) is 26.5. The van der Waals surface area contributed by atoms with Crippen molar-refractivity contribution < 1.29 is 9.59 Å². The molecule has 0 aliphatic carbocycles. The van der Waals surface area contributed by atoms with Crippen LogP contribution in [0.1, 0.15) is 27.8 Å². The minimum atomic E-state index is -0.280. The molecule has 0 atom stereocenters. The molecule has 0 saturated carbocycles. The molecule has 1 N–H and O–H groups in total. The molecular formula is C21H22N4O2. The molecule has 0 spiro atoms. The number of nitrogens with zero attached hydrogens (tertiary/aromatic N) is 3. The summed E-state index contributed by atoms with van der Waals surface area (Å²) in [5.41, 5.74) is 3.42. The Morgan fingerprint density at radius 1 is 1.00 bits per heavy atom. The number of carbonyl (C=O) groups is 2. The average Bonchev–Trinajstić information content (AvgIpc) is 3.10. The quantitative estimate of drug-likeness (QED) is 0.755. The van der Waals surface area contributed by atoms with Crippen LogP contribution >= 0.6 is 0 Å². The van der Waals surface area contributed by atoms with Crippen LogP contribution in [0.5, 0.6) is 0 Å². The lowest BCUT2D eigenvalue weighted by Gasteiger charge is -2.13. The number of aryl methyl sites for hydroxylation is 1. The Labute approximate surface area is 158 Å². The standard InChI is InChI=1S/C21H22N4O2/c1-4-25-19(21(27)24(2)3)18(14-22-25)23-20(26)17-12-10-16(11-13-17)15-8-6-5-7-9-15/h5-14H,4H2,1-3H3,(H,23,26). The molecule has 6 nitrogen and oxygen atoms in total. The molecule has 3 aromatic rings. The third-order valence-corrected chi connectivity index (χ3v) is 4.25. The molecule has 0 aliphatic heterocycles. The smallest absolute Gasteiger partial charge is 0.273 e. The summed E-state index contributed by atoms with van der Waals surface area (Å²) in [5.74, 6) is -0.484. The first-order valence-electron chi connectivity index (χ1n) is 8.75. The summed E-state index contributed by atoms with van der Waals surface area (Å²) < 4.78 is 1.58. The summed E-state index contributed by atoms with van der Waals surface area (Å²) in [6.45, 7) is 2.43. The van der Waals surface area contributed by atoms with Gasteiger partial charge in [0.1, 0.15) is 5.69 Å². The van der Waals surface area contributed by atoms with Gasteiger partial charge < -0.3 is 10.2 Å². The van der Waals surface area contributed by atoms with Gasteiger partial charge in [-0.2, -0.15) is 5.10 Å². The van der Waals surface area contributed by atoms with Crippen molar-refractivity contribution in [1.82, 2.24) is 14.7 Å². The third kappa shape index (κ3) is 3.89. The molecule has 138 valence electrons. The Kier molecular flexibility index (Phi) is 5.35. The maximum Gasteiger partial charge on any atom is 0.273 e. The van der Waals surface area contributed by atoms with E-state index in [0.29, 0.717) is 23.5 Å². The molecule has 1 heterocycles. The molecule has 0 aliphatic rings. The molecule has 27 heavy (non-hydrogen) atoms. The second kappa shape index (κ2) is 7.86. The normalized spacial score (nSPS) is 10.5. The van der Waals surface area contributed by atoms with Crippen LogP contribution in [0.15, 0.2) is 60.8 Å². The fourth-order valence-electron chi connectivity index (χ4n) is 2.79. The Hall–Kier alpha value is -3.41. The molecule has 3 rings (SSSR count). The van der Waals surface area contributed by atoms with Gasteiger partial charge >= 0.3 is 0 Å². The minimum Gasteiger partial charge on any atom is -0.343 e. The number of nitrogens with one attached hydrogen (secondary N) is 1. The van der Waals surface area contributed by atoms with Crippen LogP contribution in [0.25, 0.3) is 11.1 Å². The second-order valence-electron chi connectivity index (χ2n) is 6.32. The van der Waals surface area contributed by atoms with Crippen LogP contribution in [0.3, 0.4) is 0 Å². The van der Waals surface area contributed by atoms with Crippen molar-refractivity contribution in [2.45, 2.75) is 13.5 Å². The summed E-state index contributed by atoms with van der Waals surface area (Å²) in [6.07, 6.45) is 1.51. The Morgan fingerprint density at radius 2 is 1.63 bits per heavy atom. The van der Waals surface area contributed by atoms with Gasteiger partial charge in [-0.15, -0.1) is 0 Å². The molecule has 0 saturated heterocycles. The van der Waals surface area contributed by atoms with Crippen LogP contribution in [-0.4, -0.2) is 40.6 Å². The van der Waals surface area contributed by atoms with E-state index >= 15 is 0 Å². The summed E-state index contributed by atoms with van der Waals surface area (Å²) in [7, 11) is 3.34. The number of aromatic nitrogens is 2. The largest absolute Gasteiger partial charge is 0.343 e. The van der Waals surface area contributed by atoms with Gasteiger partial charge in [0.05, 0.1) is 11.9 Å². The van der Waals surface area contributed by atoms with Crippen molar-refractivity contribution >= 4 is 17.5 Å². The van der Waals surface area contributed by atoms with Crippen LogP contribution in [0.4, 0.5) is 5.69 Å². The monoisotopic (exact) mass is 362 g/mol. The van der Waals surface area contributed by atoms with Crippen molar-refractivity contribution in [2.24, 2.45) is 0 Å². The van der Waals surface area contributed by atoms with Gasteiger partial charge in [0.15, 0.2) is 0 Å². The van der Waals surface area contributed by atoms with E-state index in [9.17, 15) is 9.59 Å². The first kappa shape index (κ1) is 18.4. The van der Waals surface area contributed by atoms with Crippen molar-refractivity contribution in [2.75, 3.05) is 19.4 Å². The van der Waals surface area contributed by atoms with E-state index < -0.39 is 0 Å². The molecule has 2 amide bonds. The first-order valence-corrected chi connectivity index (χ1v) is 8.75. The Morgan fingerprint density at radius 3 is 2.22 bits per heavy atom. The highest BCUT2D eigenvalue weighted by molar-refractivity contribution is 6.08. The zero-order valence-corrected chi connectivity index (χ0v) is 15.6. The minimum absolute atomic E-state index is 0.205. The van der Waals surface area contributed by atoms with Crippen molar-refractivity contribution in [3.8, 4) is 11.1 Å². The van der Waals surface area contributed by atoms with Crippen molar-refractivity contribution in [1.29, 1.82) is 0 Å². The molecule has 0 radical (unpaired) electrons. The first-order chi connectivity index (χ1) is 13.0. The van der Waals surface area contributed by atoms with E-state index in [1.807, 2.05) is 49.4 Å². The number of anilines is 1. The lowest BCUT2D eigenvalue weighted by atomic mass is 10.0. The average molecular weight is 362 g/mol. The fraction of sp³-hybridized carbons (Fsp3) is 0.190. The predicted molar refractivity (Wildman–Crippen MR) is 106 cm³/mol. The molecule has 0 fully saturated rings. The maximum absolute atomic E-state index is 12.6. The van der Waals surface area contributed by atoms with Gasteiger partial charge in [-0.1, -0.05) is 42.5 Å². The molecule has 6 heteroatoms. The highest BCUT2D eigenvalue weighted by Crippen LogP contribution is 2.21. The van der Waals surface area contributed by atoms with E-state index in [1.165, 1.54) is 11.1 Å². The number of carbonyl (C=O) groups excluding carboxylic acids is 2. The molecule has 1 aromatic heterocycles. The number of benzene rings is 2. The number of hydrogen-bond donors (Lipinski definition) is 1. The van der Waals surface area contributed by atoms with Crippen molar-refractivity contribution in [3.05, 3.63) is 72.1 Å². The maximum atomic E-state index is 12.6. The van der Waals surface area contributed by atoms with E-state index in [2.05, 4.69) is 10.4 Å². The summed E-state index contributed by atoms with van der Waals surface area (Å²) in [6, 6.07) is 17.3. The lowest BCUT2D eigenvalue weighted by molar-refractivity contribution is 0.0816. The third-order valence-electron chi connectivity index (χ3n) is 4.25. The molecule has 2 aromatic carbocycles. The highest BCUT2D eigenvalue weighted by atomic mass is 16.2. The van der Waals surface area contributed by atoms with Gasteiger partial charge in [-0.3, -0.25) is 14.3 Å². The van der Waals surface area contributed by atoms with Crippen LogP contribution < -0.4 is 5.32 Å². The predicted octanol–water partition coefficient (Wildman–Crippen LogP) is 3.52. The van der Waals surface area contributed by atoms with Gasteiger partial charge in [0, 0.05) is 26.2 Å². The number of hydrogen-bond acceptors (Lipinski definition) is 3. The van der Waals surface area contributed by atoms with E-state index in [0.717, 1.165) is 11.1 Å². The SMILES string of the molecule is CCn1ncc(NC(=O)c2ccc(-c3ccccc3)cc2)c1C(=O)N(C)C. The number of amides is 2. The van der Waals surface area contributed by atoms with Crippen LogP contribution in [0, 0.1) is 0 Å². The van der Waals surface area contributed by atoms with Gasteiger partial charge in [0.2, 0.25) is 0 Å². The Bertz CT molecular complexity index is 944.